The predicted octanol–water partition coefficient (Wildman–Crippen LogP) is 2.86. The van der Waals surface area contributed by atoms with Crippen LogP contribution in [0.5, 0.6) is 0 Å². The van der Waals surface area contributed by atoms with E-state index in [-0.39, 0.29) is 5.91 Å². The molecule has 0 aliphatic heterocycles. The van der Waals surface area contributed by atoms with Crippen molar-refractivity contribution in [3.63, 3.8) is 0 Å². The predicted molar refractivity (Wildman–Crippen MR) is 74.1 cm³/mol. The molecule has 0 aromatic heterocycles. The number of hydrogen-bond acceptors (Lipinski definition) is 2. The van der Waals surface area contributed by atoms with Crippen LogP contribution in [0.4, 0.5) is 0 Å². The maximum Gasteiger partial charge on any atom is 0.217 e. The summed E-state index contributed by atoms with van der Waals surface area (Å²) < 4.78 is 0. The van der Waals surface area contributed by atoms with Crippen LogP contribution in [-0.2, 0) is 11.3 Å². The molecule has 0 spiro atoms. The van der Waals surface area contributed by atoms with Gasteiger partial charge >= 0.3 is 0 Å². The van der Waals surface area contributed by atoms with Crippen molar-refractivity contribution in [2.24, 2.45) is 0 Å². The first kappa shape index (κ1) is 12.8. The van der Waals surface area contributed by atoms with E-state index in [1.54, 1.807) is 6.07 Å². The topological polar surface area (TPSA) is 52.9 Å². The summed E-state index contributed by atoms with van der Waals surface area (Å²) in [5, 5.41) is 11.6. The van der Waals surface area contributed by atoms with Crippen LogP contribution in [-0.4, -0.2) is 5.91 Å². The molecule has 0 unspecified atom stereocenters. The Labute approximate surface area is 112 Å². The van der Waals surface area contributed by atoms with E-state index in [0.717, 1.165) is 16.7 Å². The molecule has 2 rings (SSSR count). The van der Waals surface area contributed by atoms with Gasteiger partial charge in [0.25, 0.3) is 0 Å². The van der Waals surface area contributed by atoms with E-state index in [0.29, 0.717) is 12.1 Å². The summed E-state index contributed by atoms with van der Waals surface area (Å²) >= 11 is 0. The van der Waals surface area contributed by atoms with Gasteiger partial charge in [-0.15, -0.1) is 0 Å². The molecule has 0 fully saturated rings. The van der Waals surface area contributed by atoms with Crippen molar-refractivity contribution in [3.05, 3.63) is 59.7 Å². The average Bonchev–Trinajstić information content (AvgIpc) is 2.45. The Bertz CT molecular complexity index is 624. The number of nitrogens with one attached hydrogen (secondary N) is 1. The molecular weight excluding hydrogens is 236 g/mol. The van der Waals surface area contributed by atoms with Gasteiger partial charge in [0.15, 0.2) is 0 Å². The molecule has 19 heavy (non-hydrogen) atoms. The first-order chi connectivity index (χ1) is 9.19. The van der Waals surface area contributed by atoms with Crippen molar-refractivity contribution in [2.45, 2.75) is 13.5 Å². The van der Waals surface area contributed by atoms with E-state index >= 15 is 0 Å². The van der Waals surface area contributed by atoms with Gasteiger partial charge in [-0.3, -0.25) is 4.79 Å². The third kappa shape index (κ3) is 3.43. The minimum atomic E-state index is -0.0363. The lowest BCUT2D eigenvalue weighted by molar-refractivity contribution is -0.119. The van der Waals surface area contributed by atoms with Gasteiger partial charge in [0.2, 0.25) is 5.91 Å². The molecule has 0 radical (unpaired) electrons. The number of nitrogens with zero attached hydrogens (tertiary/aromatic N) is 1. The van der Waals surface area contributed by atoms with E-state index < -0.39 is 0 Å². The van der Waals surface area contributed by atoms with E-state index in [4.69, 9.17) is 5.26 Å². The second-order valence-corrected chi connectivity index (χ2v) is 4.30. The summed E-state index contributed by atoms with van der Waals surface area (Å²) in [7, 11) is 0. The van der Waals surface area contributed by atoms with E-state index in [2.05, 4.69) is 11.4 Å². The molecular formula is C16H14N2O. The molecule has 0 aliphatic carbocycles. The second-order valence-electron chi connectivity index (χ2n) is 4.30. The standard InChI is InChI=1S/C16H14N2O/c1-12(19)18-11-13-5-7-15(8-6-13)16-4-2-3-14(9-16)10-17/h2-9H,11H2,1H3,(H,18,19). The molecule has 0 saturated heterocycles. The molecule has 0 aliphatic rings. The molecule has 0 saturated carbocycles. The highest BCUT2D eigenvalue weighted by molar-refractivity contribution is 5.72. The Morgan fingerprint density at radius 3 is 2.53 bits per heavy atom. The van der Waals surface area contributed by atoms with Gasteiger partial charge in [0.1, 0.15) is 0 Å². The Balaban J connectivity index is 2.18. The first-order valence-electron chi connectivity index (χ1n) is 6.03. The lowest BCUT2D eigenvalue weighted by atomic mass is 10.0. The van der Waals surface area contributed by atoms with Crippen molar-refractivity contribution in [3.8, 4) is 17.2 Å². The fourth-order valence-electron chi connectivity index (χ4n) is 1.81. The van der Waals surface area contributed by atoms with Crippen molar-refractivity contribution in [1.29, 1.82) is 5.26 Å². The lowest BCUT2D eigenvalue weighted by Crippen LogP contribution is -2.18. The molecule has 0 heterocycles. The maximum absolute atomic E-state index is 10.8. The molecule has 0 bridgehead atoms. The first-order valence-corrected chi connectivity index (χ1v) is 6.03. The molecule has 0 atom stereocenters. The van der Waals surface area contributed by atoms with E-state index in [1.165, 1.54) is 6.92 Å². The Hall–Kier alpha value is -2.60. The Morgan fingerprint density at radius 1 is 1.16 bits per heavy atom. The summed E-state index contributed by atoms with van der Waals surface area (Å²) in [4.78, 5) is 10.8. The molecule has 1 N–H and O–H groups in total. The quantitative estimate of drug-likeness (QED) is 0.910. The fourth-order valence-corrected chi connectivity index (χ4v) is 1.81. The summed E-state index contributed by atoms with van der Waals surface area (Å²) in [6.07, 6.45) is 0. The summed E-state index contributed by atoms with van der Waals surface area (Å²) in [6.45, 7) is 2.04. The van der Waals surface area contributed by atoms with Crippen LogP contribution < -0.4 is 5.32 Å². The zero-order valence-electron chi connectivity index (χ0n) is 10.7. The molecule has 94 valence electrons. The van der Waals surface area contributed by atoms with Gasteiger partial charge in [-0.1, -0.05) is 36.4 Å². The molecule has 3 nitrogen and oxygen atoms in total. The van der Waals surface area contributed by atoms with Crippen LogP contribution in [0.25, 0.3) is 11.1 Å². The number of nitriles is 1. The minimum absolute atomic E-state index is 0.0363. The lowest BCUT2D eigenvalue weighted by Gasteiger charge is -2.05. The number of carbonyl (C=O) groups is 1. The Kier molecular flexibility index (Phi) is 3.94. The van der Waals surface area contributed by atoms with Crippen molar-refractivity contribution < 1.29 is 4.79 Å². The van der Waals surface area contributed by atoms with Crippen molar-refractivity contribution >= 4 is 5.91 Å². The minimum Gasteiger partial charge on any atom is -0.352 e. The normalized spacial score (nSPS) is 9.68. The van der Waals surface area contributed by atoms with Crippen LogP contribution in [0.1, 0.15) is 18.1 Å². The average molecular weight is 250 g/mol. The largest absolute Gasteiger partial charge is 0.352 e. The van der Waals surface area contributed by atoms with E-state index in [9.17, 15) is 4.79 Å². The molecule has 1 amide bonds. The van der Waals surface area contributed by atoms with Gasteiger partial charge in [0.05, 0.1) is 11.6 Å². The van der Waals surface area contributed by atoms with Crippen LogP contribution in [0.2, 0.25) is 0 Å². The van der Waals surface area contributed by atoms with Crippen molar-refractivity contribution in [2.75, 3.05) is 0 Å². The van der Waals surface area contributed by atoms with Crippen molar-refractivity contribution in [1.82, 2.24) is 5.32 Å². The van der Waals surface area contributed by atoms with Crippen LogP contribution in [0, 0.1) is 11.3 Å². The third-order valence-corrected chi connectivity index (χ3v) is 2.82. The fraction of sp³-hybridized carbons (Fsp3) is 0.125. The second kappa shape index (κ2) is 5.83. The molecule has 2 aromatic carbocycles. The van der Waals surface area contributed by atoms with Gasteiger partial charge in [-0.2, -0.15) is 5.26 Å². The number of benzene rings is 2. The van der Waals surface area contributed by atoms with Gasteiger partial charge in [-0.05, 0) is 28.8 Å². The molecule has 2 aromatic rings. The highest BCUT2D eigenvalue weighted by Gasteiger charge is 2.00. The smallest absolute Gasteiger partial charge is 0.217 e. The van der Waals surface area contributed by atoms with Crippen LogP contribution >= 0.6 is 0 Å². The van der Waals surface area contributed by atoms with Crippen LogP contribution in [0.3, 0.4) is 0 Å². The zero-order chi connectivity index (χ0) is 13.7. The third-order valence-electron chi connectivity index (χ3n) is 2.82. The summed E-state index contributed by atoms with van der Waals surface area (Å²) in [5.41, 5.74) is 3.78. The maximum atomic E-state index is 10.8. The van der Waals surface area contributed by atoms with E-state index in [1.807, 2.05) is 42.5 Å². The Morgan fingerprint density at radius 2 is 1.89 bits per heavy atom. The van der Waals surface area contributed by atoms with Gasteiger partial charge < -0.3 is 5.32 Å². The number of rotatable bonds is 3. The van der Waals surface area contributed by atoms with Gasteiger partial charge in [0, 0.05) is 13.5 Å². The summed E-state index contributed by atoms with van der Waals surface area (Å²) in [5.74, 6) is -0.0363. The number of carbonyl (C=O) groups excluding carboxylic acids is 1. The SMILES string of the molecule is CC(=O)NCc1ccc(-c2cccc(C#N)c2)cc1. The number of amides is 1. The monoisotopic (exact) mass is 250 g/mol. The molecule has 3 heteroatoms. The highest BCUT2D eigenvalue weighted by Crippen LogP contribution is 2.20. The highest BCUT2D eigenvalue weighted by atomic mass is 16.1. The van der Waals surface area contributed by atoms with Crippen LogP contribution in [0.15, 0.2) is 48.5 Å². The van der Waals surface area contributed by atoms with Gasteiger partial charge in [-0.25, -0.2) is 0 Å². The zero-order valence-corrected chi connectivity index (χ0v) is 10.7. The summed E-state index contributed by atoms with van der Waals surface area (Å²) in [6, 6.07) is 17.6. The number of hydrogen-bond donors (Lipinski definition) is 1.